The predicted molar refractivity (Wildman–Crippen MR) is 97.2 cm³/mol. The van der Waals surface area contributed by atoms with Gasteiger partial charge in [-0.3, -0.25) is 14.9 Å². The number of hydrogen-bond donors (Lipinski definition) is 0. The van der Waals surface area contributed by atoms with Gasteiger partial charge in [0.15, 0.2) is 15.9 Å². The van der Waals surface area contributed by atoms with Crippen LogP contribution in [0.25, 0.3) is 0 Å². The lowest BCUT2D eigenvalue weighted by molar-refractivity contribution is -0.385. The quantitative estimate of drug-likeness (QED) is 0.404. The van der Waals surface area contributed by atoms with E-state index in [-0.39, 0.29) is 29.3 Å². The lowest BCUT2D eigenvalue weighted by Gasteiger charge is -2.29. The summed E-state index contributed by atoms with van der Waals surface area (Å²) >= 11 is 0. The minimum Gasteiger partial charge on any atom is -0.449 e. The molecule has 1 aliphatic heterocycles. The van der Waals surface area contributed by atoms with E-state index in [2.05, 4.69) is 0 Å². The third-order valence-corrected chi connectivity index (χ3v) is 6.30. The van der Waals surface area contributed by atoms with Gasteiger partial charge in [0, 0.05) is 24.2 Å². The first-order valence-corrected chi connectivity index (χ1v) is 10.3. The number of benzene rings is 1. The fraction of sp³-hybridized carbons (Fsp3) is 0.529. The van der Waals surface area contributed by atoms with Crippen LogP contribution in [-0.4, -0.2) is 60.3 Å². The molecule has 0 saturated carbocycles. The van der Waals surface area contributed by atoms with Crippen LogP contribution < -0.4 is 0 Å². The van der Waals surface area contributed by atoms with Crippen molar-refractivity contribution in [3.63, 3.8) is 0 Å². The molecule has 1 fully saturated rings. The van der Waals surface area contributed by atoms with Crippen LogP contribution in [0.15, 0.2) is 18.2 Å². The number of ether oxygens (including phenoxy) is 1. The molecule has 1 aromatic carbocycles. The van der Waals surface area contributed by atoms with E-state index in [1.807, 2.05) is 0 Å². The molecule has 0 radical (unpaired) electrons. The van der Waals surface area contributed by atoms with Gasteiger partial charge in [0.2, 0.25) is 0 Å². The molecule has 2 rings (SSSR count). The summed E-state index contributed by atoms with van der Waals surface area (Å²) < 4.78 is 28.5. The maximum absolute atomic E-state index is 12.6. The predicted octanol–water partition coefficient (Wildman–Crippen LogP) is 1.48. The van der Waals surface area contributed by atoms with Crippen molar-refractivity contribution in [2.24, 2.45) is 0 Å². The molecule has 1 aliphatic rings. The van der Waals surface area contributed by atoms with Gasteiger partial charge in [0.25, 0.3) is 11.6 Å². The Morgan fingerprint density at radius 1 is 1.41 bits per heavy atom. The van der Waals surface area contributed by atoms with E-state index in [9.17, 15) is 28.1 Å². The topological polar surface area (TPSA) is 124 Å². The lowest BCUT2D eigenvalue weighted by atomic mass is 10.1. The number of esters is 1. The number of aryl methyl sites for hydroxylation is 1. The molecule has 1 amide bonds. The maximum Gasteiger partial charge on any atom is 0.339 e. The molecule has 0 bridgehead atoms. The molecule has 148 valence electrons. The zero-order chi connectivity index (χ0) is 20.4. The summed E-state index contributed by atoms with van der Waals surface area (Å²) in [4.78, 5) is 36.7. The van der Waals surface area contributed by atoms with E-state index in [4.69, 9.17) is 4.74 Å². The average Bonchev–Trinajstić information content (AvgIpc) is 2.95. The third-order valence-electron chi connectivity index (χ3n) is 4.55. The molecule has 0 aromatic heterocycles. The Bertz CT molecular complexity index is 866. The van der Waals surface area contributed by atoms with Gasteiger partial charge < -0.3 is 9.64 Å². The van der Waals surface area contributed by atoms with Gasteiger partial charge in [0.05, 0.1) is 22.0 Å². The van der Waals surface area contributed by atoms with Crippen LogP contribution in [0.1, 0.15) is 36.2 Å². The van der Waals surface area contributed by atoms with E-state index in [1.165, 1.54) is 24.0 Å². The number of rotatable bonds is 6. The zero-order valence-corrected chi connectivity index (χ0v) is 16.2. The van der Waals surface area contributed by atoms with Gasteiger partial charge in [-0.1, -0.05) is 6.07 Å². The number of carbonyl (C=O) groups excluding carboxylic acids is 2. The van der Waals surface area contributed by atoms with Crippen molar-refractivity contribution < 1.29 is 27.7 Å². The molecule has 0 unspecified atom stereocenters. The highest BCUT2D eigenvalue weighted by molar-refractivity contribution is 7.91. The molecule has 27 heavy (non-hydrogen) atoms. The number of sulfone groups is 1. The van der Waals surface area contributed by atoms with Gasteiger partial charge in [-0.2, -0.15) is 0 Å². The van der Waals surface area contributed by atoms with Gasteiger partial charge >= 0.3 is 5.97 Å². The van der Waals surface area contributed by atoms with Crippen LogP contribution in [0.5, 0.6) is 0 Å². The van der Waals surface area contributed by atoms with Crippen molar-refractivity contribution in [2.75, 3.05) is 18.1 Å². The fourth-order valence-corrected chi connectivity index (χ4v) is 4.79. The van der Waals surface area contributed by atoms with Gasteiger partial charge in [-0.05, 0) is 33.3 Å². The number of carbonyl (C=O) groups is 2. The standard InChI is InChI=1S/C17H22N2O7S/c1-4-18(14-7-8-27(24,25)10-14)16(20)12(3)26-17(21)13-6-5-11(2)15(9-13)19(22)23/h5-6,9,12,14H,4,7-8,10H2,1-3H3/t12-,14+/m1/s1. The number of amides is 1. The van der Waals surface area contributed by atoms with Crippen LogP contribution in [0, 0.1) is 17.0 Å². The Kier molecular flexibility index (Phi) is 6.19. The van der Waals surface area contributed by atoms with Crippen molar-refractivity contribution in [3.05, 3.63) is 39.4 Å². The van der Waals surface area contributed by atoms with Crippen LogP contribution in [0.2, 0.25) is 0 Å². The summed E-state index contributed by atoms with van der Waals surface area (Å²) in [5.41, 5.74) is 0.161. The van der Waals surface area contributed by atoms with E-state index in [0.29, 0.717) is 12.0 Å². The van der Waals surface area contributed by atoms with Crippen molar-refractivity contribution in [1.29, 1.82) is 0 Å². The van der Waals surface area contributed by atoms with Crippen LogP contribution in [0.4, 0.5) is 5.69 Å². The molecular weight excluding hydrogens is 376 g/mol. The van der Waals surface area contributed by atoms with Crippen LogP contribution in [-0.2, 0) is 19.4 Å². The van der Waals surface area contributed by atoms with Crippen molar-refractivity contribution >= 4 is 27.4 Å². The molecule has 2 atom stereocenters. The van der Waals surface area contributed by atoms with Crippen molar-refractivity contribution in [1.82, 2.24) is 4.90 Å². The van der Waals surface area contributed by atoms with E-state index in [1.54, 1.807) is 13.8 Å². The summed E-state index contributed by atoms with van der Waals surface area (Å²) in [5, 5.41) is 11.0. The second-order valence-electron chi connectivity index (χ2n) is 6.49. The Labute approximate surface area is 157 Å². The second-order valence-corrected chi connectivity index (χ2v) is 8.72. The average molecular weight is 398 g/mol. The minimum atomic E-state index is -3.16. The summed E-state index contributed by atoms with van der Waals surface area (Å²) in [6.07, 6.45) is -0.784. The number of nitro benzene ring substituents is 1. The molecule has 1 aromatic rings. The Hall–Kier alpha value is -2.49. The van der Waals surface area contributed by atoms with Crippen molar-refractivity contribution in [2.45, 2.75) is 39.3 Å². The molecular formula is C17H22N2O7S. The highest BCUT2D eigenvalue weighted by Gasteiger charge is 2.36. The molecule has 1 heterocycles. The highest BCUT2D eigenvalue weighted by atomic mass is 32.2. The summed E-state index contributed by atoms with van der Waals surface area (Å²) in [6, 6.07) is 3.50. The number of likely N-dealkylation sites (N-methyl/N-ethyl adjacent to an activating group) is 1. The third kappa shape index (κ3) is 4.82. The Morgan fingerprint density at radius 2 is 2.07 bits per heavy atom. The number of nitrogens with zero attached hydrogens (tertiary/aromatic N) is 2. The SMILES string of the molecule is CCN(C(=O)[C@@H](C)OC(=O)c1ccc(C)c([N+](=O)[O-])c1)[C@H]1CCS(=O)(=O)C1. The summed E-state index contributed by atoms with van der Waals surface area (Å²) in [7, 11) is -3.16. The van der Waals surface area contributed by atoms with Gasteiger partial charge in [0.1, 0.15) is 0 Å². The lowest BCUT2D eigenvalue weighted by Crippen LogP contribution is -2.46. The first-order chi connectivity index (χ1) is 12.6. The number of hydrogen-bond acceptors (Lipinski definition) is 7. The zero-order valence-electron chi connectivity index (χ0n) is 15.4. The maximum atomic E-state index is 12.6. The number of nitro groups is 1. The highest BCUT2D eigenvalue weighted by Crippen LogP contribution is 2.21. The van der Waals surface area contributed by atoms with Crippen LogP contribution in [0.3, 0.4) is 0 Å². The normalized spacial score (nSPS) is 19.3. The first kappa shape index (κ1) is 20.8. The van der Waals surface area contributed by atoms with Gasteiger partial charge in [-0.25, -0.2) is 13.2 Å². The molecule has 0 N–H and O–H groups in total. The van der Waals surface area contributed by atoms with Gasteiger partial charge in [-0.15, -0.1) is 0 Å². The monoisotopic (exact) mass is 398 g/mol. The Morgan fingerprint density at radius 3 is 2.59 bits per heavy atom. The van der Waals surface area contributed by atoms with Crippen LogP contribution >= 0.6 is 0 Å². The van der Waals surface area contributed by atoms with E-state index < -0.39 is 38.8 Å². The Balaban J connectivity index is 2.10. The fourth-order valence-electron chi connectivity index (χ4n) is 3.06. The largest absolute Gasteiger partial charge is 0.449 e. The molecule has 10 heteroatoms. The molecule has 1 saturated heterocycles. The smallest absolute Gasteiger partial charge is 0.339 e. The summed E-state index contributed by atoms with van der Waals surface area (Å²) in [6.45, 7) is 4.96. The first-order valence-electron chi connectivity index (χ1n) is 8.52. The molecule has 0 aliphatic carbocycles. The van der Waals surface area contributed by atoms with E-state index in [0.717, 1.165) is 6.07 Å². The molecule has 0 spiro atoms. The summed E-state index contributed by atoms with van der Waals surface area (Å²) in [5.74, 6) is -1.41. The minimum absolute atomic E-state index is 0.0292. The second kappa shape index (κ2) is 8.03. The van der Waals surface area contributed by atoms with Crippen molar-refractivity contribution in [3.8, 4) is 0 Å². The van der Waals surface area contributed by atoms with E-state index >= 15 is 0 Å². The molecule has 9 nitrogen and oxygen atoms in total.